The van der Waals surface area contributed by atoms with Crippen LogP contribution in [0, 0.1) is 0 Å². The molecular formula is C16H14Cl2N2O. The third-order valence-electron chi connectivity index (χ3n) is 3.62. The van der Waals surface area contributed by atoms with Gasteiger partial charge in [-0.15, -0.1) is 0 Å². The van der Waals surface area contributed by atoms with Gasteiger partial charge in [0, 0.05) is 5.02 Å². The van der Waals surface area contributed by atoms with Gasteiger partial charge in [-0.1, -0.05) is 47.5 Å². The SMILES string of the molecule is O=C(Nc1ccc(Cl)cc1Cl)NC1CCc2ccccc21. The fourth-order valence-electron chi connectivity index (χ4n) is 2.61. The van der Waals surface area contributed by atoms with Crippen LogP contribution in [0.15, 0.2) is 42.5 Å². The summed E-state index contributed by atoms with van der Waals surface area (Å²) >= 11 is 11.9. The molecule has 1 aliphatic rings. The highest BCUT2D eigenvalue weighted by Crippen LogP contribution is 2.31. The molecule has 0 radical (unpaired) electrons. The fraction of sp³-hybridized carbons (Fsp3) is 0.188. The zero-order valence-corrected chi connectivity index (χ0v) is 12.7. The summed E-state index contributed by atoms with van der Waals surface area (Å²) in [5.41, 5.74) is 3.03. The van der Waals surface area contributed by atoms with Crippen LogP contribution >= 0.6 is 23.2 Å². The lowest BCUT2D eigenvalue weighted by Gasteiger charge is -2.15. The molecule has 5 heteroatoms. The quantitative estimate of drug-likeness (QED) is 0.819. The summed E-state index contributed by atoms with van der Waals surface area (Å²) in [5, 5.41) is 6.70. The van der Waals surface area contributed by atoms with Gasteiger partial charge in [-0.2, -0.15) is 0 Å². The number of urea groups is 1. The molecule has 0 heterocycles. The Balaban J connectivity index is 1.68. The zero-order valence-electron chi connectivity index (χ0n) is 11.2. The third kappa shape index (κ3) is 3.14. The monoisotopic (exact) mass is 320 g/mol. The number of hydrogen-bond acceptors (Lipinski definition) is 1. The van der Waals surface area contributed by atoms with E-state index in [1.807, 2.05) is 12.1 Å². The molecular weight excluding hydrogens is 307 g/mol. The molecule has 0 saturated carbocycles. The molecule has 21 heavy (non-hydrogen) atoms. The first-order chi connectivity index (χ1) is 10.1. The molecule has 2 amide bonds. The Labute approximate surface area is 133 Å². The van der Waals surface area contributed by atoms with Crippen LogP contribution in [0.2, 0.25) is 10.0 Å². The second-order valence-electron chi connectivity index (χ2n) is 5.01. The molecule has 2 aromatic rings. The molecule has 2 aromatic carbocycles. The van der Waals surface area contributed by atoms with E-state index >= 15 is 0 Å². The summed E-state index contributed by atoms with van der Waals surface area (Å²) in [5.74, 6) is 0. The van der Waals surface area contributed by atoms with Gasteiger partial charge in [-0.05, 0) is 42.2 Å². The highest BCUT2D eigenvalue weighted by atomic mass is 35.5. The van der Waals surface area contributed by atoms with Gasteiger partial charge in [-0.25, -0.2) is 4.79 Å². The Kier molecular flexibility index (Phi) is 4.04. The average molecular weight is 321 g/mol. The van der Waals surface area contributed by atoms with E-state index in [1.165, 1.54) is 11.1 Å². The molecule has 0 bridgehead atoms. The second kappa shape index (κ2) is 5.96. The van der Waals surface area contributed by atoms with Crippen molar-refractivity contribution in [3.05, 3.63) is 63.6 Å². The van der Waals surface area contributed by atoms with Gasteiger partial charge in [0.2, 0.25) is 0 Å². The van der Waals surface area contributed by atoms with Crippen molar-refractivity contribution in [2.75, 3.05) is 5.32 Å². The number of aryl methyl sites for hydroxylation is 1. The summed E-state index contributed by atoms with van der Waals surface area (Å²) in [4.78, 5) is 12.1. The smallest absolute Gasteiger partial charge is 0.319 e. The van der Waals surface area contributed by atoms with E-state index in [9.17, 15) is 4.79 Å². The van der Waals surface area contributed by atoms with Gasteiger partial charge >= 0.3 is 6.03 Å². The zero-order chi connectivity index (χ0) is 14.8. The molecule has 0 saturated heterocycles. The number of carbonyl (C=O) groups is 1. The predicted octanol–water partition coefficient (Wildman–Crippen LogP) is 4.80. The van der Waals surface area contributed by atoms with Crippen molar-refractivity contribution in [2.45, 2.75) is 18.9 Å². The lowest BCUT2D eigenvalue weighted by atomic mass is 10.1. The number of rotatable bonds is 2. The number of amides is 2. The van der Waals surface area contributed by atoms with Gasteiger partial charge in [0.25, 0.3) is 0 Å². The Hall–Kier alpha value is -1.71. The standard InChI is InChI=1S/C16H14Cl2N2O/c17-11-6-8-15(13(18)9-11)20-16(21)19-14-7-5-10-3-1-2-4-12(10)14/h1-4,6,8-9,14H,5,7H2,(H2,19,20,21). The van der Waals surface area contributed by atoms with Crippen LogP contribution < -0.4 is 10.6 Å². The van der Waals surface area contributed by atoms with E-state index in [4.69, 9.17) is 23.2 Å². The number of anilines is 1. The first-order valence-electron chi connectivity index (χ1n) is 6.74. The summed E-state index contributed by atoms with van der Waals surface area (Å²) < 4.78 is 0. The minimum absolute atomic E-state index is 0.0484. The van der Waals surface area contributed by atoms with Crippen LogP contribution in [0.5, 0.6) is 0 Å². The van der Waals surface area contributed by atoms with Crippen molar-refractivity contribution in [1.82, 2.24) is 5.32 Å². The molecule has 0 aromatic heterocycles. The minimum Gasteiger partial charge on any atom is -0.331 e. The Bertz CT molecular complexity index is 688. The molecule has 0 fully saturated rings. The molecule has 3 nitrogen and oxygen atoms in total. The predicted molar refractivity (Wildman–Crippen MR) is 86.1 cm³/mol. The van der Waals surface area contributed by atoms with Gasteiger partial charge in [0.05, 0.1) is 16.8 Å². The van der Waals surface area contributed by atoms with Crippen LogP contribution in [0.3, 0.4) is 0 Å². The number of fused-ring (bicyclic) bond motifs is 1. The minimum atomic E-state index is -0.263. The number of hydrogen-bond donors (Lipinski definition) is 2. The summed E-state index contributed by atoms with van der Waals surface area (Å²) in [6.07, 6.45) is 1.91. The van der Waals surface area contributed by atoms with Gasteiger partial charge in [0.1, 0.15) is 0 Å². The van der Waals surface area contributed by atoms with E-state index in [0.717, 1.165) is 12.8 Å². The number of carbonyl (C=O) groups excluding carboxylic acids is 1. The van der Waals surface area contributed by atoms with Crippen molar-refractivity contribution in [3.63, 3.8) is 0 Å². The first kappa shape index (κ1) is 14.2. The summed E-state index contributed by atoms with van der Waals surface area (Å²) in [6.45, 7) is 0. The van der Waals surface area contributed by atoms with Crippen LogP contribution in [0.1, 0.15) is 23.6 Å². The summed E-state index contributed by atoms with van der Waals surface area (Å²) in [7, 11) is 0. The maximum atomic E-state index is 12.1. The number of nitrogens with one attached hydrogen (secondary N) is 2. The molecule has 108 valence electrons. The second-order valence-corrected chi connectivity index (χ2v) is 5.86. The van der Waals surface area contributed by atoms with Gasteiger partial charge in [-0.3, -0.25) is 0 Å². The molecule has 1 unspecified atom stereocenters. The van der Waals surface area contributed by atoms with E-state index in [0.29, 0.717) is 15.7 Å². The van der Waals surface area contributed by atoms with Crippen LogP contribution in [0.4, 0.5) is 10.5 Å². The molecule has 1 aliphatic carbocycles. The van der Waals surface area contributed by atoms with Crippen molar-refractivity contribution >= 4 is 34.9 Å². The van der Waals surface area contributed by atoms with Crippen molar-refractivity contribution in [1.29, 1.82) is 0 Å². The maximum Gasteiger partial charge on any atom is 0.319 e. The average Bonchev–Trinajstić information content (AvgIpc) is 2.85. The molecule has 0 aliphatic heterocycles. The first-order valence-corrected chi connectivity index (χ1v) is 7.49. The molecule has 1 atom stereocenters. The lowest BCUT2D eigenvalue weighted by molar-refractivity contribution is 0.248. The molecule has 3 rings (SSSR count). The van der Waals surface area contributed by atoms with Gasteiger partial charge in [0.15, 0.2) is 0 Å². The topological polar surface area (TPSA) is 41.1 Å². The van der Waals surface area contributed by atoms with Crippen LogP contribution in [-0.2, 0) is 6.42 Å². The van der Waals surface area contributed by atoms with E-state index in [2.05, 4.69) is 22.8 Å². The highest BCUT2D eigenvalue weighted by molar-refractivity contribution is 6.36. The number of halogens is 2. The summed E-state index contributed by atoms with van der Waals surface area (Å²) in [6, 6.07) is 12.9. The van der Waals surface area contributed by atoms with Crippen LogP contribution in [0.25, 0.3) is 0 Å². The third-order valence-corrected chi connectivity index (χ3v) is 4.17. The van der Waals surface area contributed by atoms with Gasteiger partial charge < -0.3 is 10.6 Å². The van der Waals surface area contributed by atoms with E-state index < -0.39 is 0 Å². The lowest BCUT2D eigenvalue weighted by Crippen LogP contribution is -2.31. The normalized spacial score (nSPS) is 16.4. The highest BCUT2D eigenvalue weighted by Gasteiger charge is 2.23. The van der Waals surface area contributed by atoms with Crippen molar-refractivity contribution in [2.24, 2.45) is 0 Å². The van der Waals surface area contributed by atoms with Crippen molar-refractivity contribution in [3.8, 4) is 0 Å². The Morgan fingerprint density at radius 2 is 1.95 bits per heavy atom. The Morgan fingerprint density at radius 3 is 2.76 bits per heavy atom. The Morgan fingerprint density at radius 1 is 1.14 bits per heavy atom. The number of benzene rings is 2. The maximum absolute atomic E-state index is 12.1. The largest absolute Gasteiger partial charge is 0.331 e. The van der Waals surface area contributed by atoms with Crippen molar-refractivity contribution < 1.29 is 4.79 Å². The van der Waals surface area contributed by atoms with Crippen LogP contribution in [-0.4, -0.2) is 6.03 Å². The van der Waals surface area contributed by atoms with E-state index in [-0.39, 0.29) is 12.1 Å². The van der Waals surface area contributed by atoms with E-state index in [1.54, 1.807) is 18.2 Å². The molecule has 2 N–H and O–H groups in total. The fourth-order valence-corrected chi connectivity index (χ4v) is 3.07. The molecule has 0 spiro atoms.